The number of rotatable bonds is 2. The zero-order chi connectivity index (χ0) is 13.5. The molecule has 1 aromatic carbocycles. The van der Waals surface area contributed by atoms with Gasteiger partial charge < -0.3 is 0 Å². The van der Waals surface area contributed by atoms with Gasteiger partial charge in [0.2, 0.25) is 3.91 Å². The predicted molar refractivity (Wildman–Crippen MR) is 80.0 cm³/mol. The van der Waals surface area contributed by atoms with Crippen molar-refractivity contribution in [2.24, 2.45) is 0 Å². The molecule has 2 rings (SSSR count). The minimum atomic E-state index is -1.02. The molecule has 96 valence electrons. The van der Waals surface area contributed by atoms with E-state index in [2.05, 4.69) is 21.0 Å². The predicted octanol–water partition coefficient (Wildman–Crippen LogP) is 5.10. The second-order valence-corrected chi connectivity index (χ2v) is 7.00. The zero-order valence-corrected chi connectivity index (χ0v) is 13.6. The van der Waals surface area contributed by atoms with Gasteiger partial charge in [-0.2, -0.15) is 5.10 Å². The lowest BCUT2D eigenvalue weighted by atomic mass is 10.2. The summed E-state index contributed by atoms with van der Waals surface area (Å²) in [4.78, 5) is 0. The van der Waals surface area contributed by atoms with Crippen molar-refractivity contribution >= 4 is 50.7 Å². The smallest absolute Gasteiger partial charge is 0.217 e. The van der Waals surface area contributed by atoms with Crippen LogP contribution >= 0.6 is 50.7 Å². The van der Waals surface area contributed by atoms with Crippen LogP contribution in [-0.4, -0.2) is 9.78 Å². The van der Waals surface area contributed by atoms with Crippen LogP contribution in [0, 0.1) is 13.8 Å². The minimum Gasteiger partial charge on any atom is -0.234 e. The van der Waals surface area contributed by atoms with Crippen LogP contribution in [0.15, 0.2) is 24.3 Å². The van der Waals surface area contributed by atoms with E-state index in [1.54, 1.807) is 22.9 Å². The molecule has 18 heavy (non-hydrogen) atoms. The van der Waals surface area contributed by atoms with Gasteiger partial charge in [-0.3, -0.25) is 0 Å². The highest BCUT2D eigenvalue weighted by atomic mass is 79.9. The van der Waals surface area contributed by atoms with Crippen LogP contribution in [-0.2, 0) is 3.91 Å². The number of hydrogen-bond donors (Lipinski definition) is 0. The third-order valence-electron chi connectivity index (χ3n) is 2.53. The van der Waals surface area contributed by atoms with E-state index in [4.69, 9.17) is 34.8 Å². The van der Waals surface area contributed by atoms with E-state index in [1.807, 2.05) is 19.9 Å². The van der Waals surface area contributed by atoms with Crippen molar-refractivity contribution in [1.82, 2.24) is 9.78 Å². The normalized spacial score (nSPS) is 14.6. The molecule has 0 N–H and O–H groups in total. The van der Waals surface area contributed by atoms with E-state index in [9.17, 15) is 0 Å². The monoisotopic (exact) mass is 366 g/mol. The van der Waals surface area contributed by atoms with Gasteiger partial charge in [0.1, 0.15) is 0 Å². The summed E-state index contributed by atoms with van der Waals surface area (Å²) in [5.74, 6) is 0. The molecule has 0 fully saturated rings. The summed E-state index contributed by atoms with van der Waals surface area (Å²) in [6.07, 6.45) is 0. The molecule has 0 aliphatic heterocycles. The number of aromatic nitrogens is 2. The number of benzene rings is 1. The first-order valence-corrected chi connectivity index (χ1v) is 7.12. The third kappa shape index (κ3) is 2.55. The number of nitrogens with zero attached hydrogens (tertiary/aromatic N) is 2. The van der Waals surface area contributed by atoms with Crippen LogP contribution in [0.5, 0.6) is 0 Å². The van der Waals surface area contributed by atoms with E-state index in [0.29, 0.717) is 15.6 Å². The standard InChI is InChI=1S/C12H10BrCl3N2/c1-7-5-8(2)18(17-7)12(13,16)10-4-3-9(14)6-11(10)15/h3-6H,1-2H3. The lowest BCUT2D eigenvalue weighted by Crippen LogP contribution is -2.24. The van der Waals surface area contributed by atoms with E-state index in [1.165, 1.54) is 0 Å². The Morgan fingerprint density at radius 1 is 1.22 bits per heavy atom. The molecule has 0 aliphatic carbocycles. The van der Waals surface area contributed by atoms with Crippen LogP contribution in [0.4, 0.5) is 0 Å². The van der Waals surface area contributed by atoms with Crippen molar-refractivity contribution < 1.29 is 0 Å². The van der Waals surface area contributed by atoms with Crippen LogP contribution < -0.4 is 0 Å². The number of aryl methyl sites for hydroxylation is 2. The summed E-state index contributed by atoms with van der Waals surface area (Å²) in [5, 5.41) is 5.42. The lowest BCUT2D eigenvalue weighted by Gasteiger charge is -2.24. The molecule has 1 atom stereocenters. The molecule has 6 heteroatoms. The van der Waals surface area contributed by atoms with E-state index in [-0.39, 0.29) is 0 Å². The summed E-state index contributed by atoms with van der Waals surface area (Å²) in [6.45, 7) is 3.84. The Hall–Kier alpha value is -0.220. The second kappa shape index (κ2) is 5.04. The van der Waals surface area contributed by atoms with Crippen molar-refractivity contribution in [1.29, 1.82) is 0 Å². The summed E-state index contributed by atoms with van der Waals surface area (Å²) in [7, 11) is 0. The topological polar surface area (TPSA) is 17.8 Å². The van der Waals surface area contributed by atoms with Crippen LogP contribution in [0.25, 0.3) is 0 Å². The summed E-state index contributed by atoms with van der Waals surface area (Å²) in [5.41, 5.74) is 2.52. The molecule has 2 nitrogen and oxygen atoms in total. The Bertz CT molecular complexity index is 593. The highest BCUT2D eigenvalue weighted by Gasteiger charge is 2.32. The summed E-state index contributed by atoms with van der Waals surface area (Å²) >= 11 is 22.1. The van der Waals surface area contributed by atoms with Gasteiger partial charge in [-0.25, -0.2) is 4.68 Å². The summed E-state index contributed by atoms with van der Waals surface area (Å²) < 4.78 is 0.659. The molecule has 0 amide bonds. The molecule has 0 aliphatic rings. The SMILES string of the molecule is Cc1cc(C)n(C(Cl)(Br)c2ccc(Cl)cc2Cl)n1. The molecular formula is C12H10BrCl3N2. The highest BCUT2D eigenvalue weighted by Crippen LogP contribution is 2.42. The first-order valence-electron chi connectivity index (χ1n) is 5.19. The Morgan fingerprint density at radius 2 is 1.89 bits per heavy atom. The fraction of sp³-hybridized carbons (Fsp3) is 0.250. The van der Waals surface area contributed by atoms with Gasteiger partial charge in [0.15, 0.2) is 0 Å². The molecule has 0 saturated heterocycles. The molecule has 1 heterocycles. The van der Waals surface area contributed by atoms with Gasteiger partial charge in [-0.15, -0.1) is 0 Å². The van der Waals surface area contributed by atoms with Crippen molar-refractivity contribution in [2.75, 3.05) is 0 Å². The molecule has 1 unspecified atom stereocenters. The highest BCUT2D eigenvalue weighted by molar-refractivity contribution is 9.10. The fourth-order valence-electron chi connectivity index (χ4n) is 1.76. The maximum Gasteiger partial charge on any atom is 0.217 e. The van der Waals surface area contributed by atoms with E-state index < -0.39 is 3.91 Å². The second-order valence-electron chi connectivity index (χ2n) is 4.00. The maximum absolute atomic E-state index is 6.55. The number of halogens is 4. The molecule has 0 radical (unpaired) electrons. The molecule has 0 saturated carbocycles. The van der Waals surface area contributed by atoms with Crippen molar-refractivity contribution in [3.05, 3.63) is 51.3 Å². The largest absolute Gasteiger partial charge is 0.234 e. The third-order valence-corrected chi connectivity index (χ3v) is 4.21. The average Bonchev–Trinajstić information content (AvgIpc) is 2.57. The van der Waals surface area contributed by atoms with Crippen molar-refractivity contribution in [2.45, 2.75) is 17.8 Å². The van der Waals surface area contributed by atoms with Crippen LogP contribution in [0.1, 0.15) is 17.0 Å². The Morgan fingerprint density at radius 3 is 2.39 bits per heavy atom. The van der Waals surface area contributed by atoms with Gasteiger partial charge in [0.25, 0.3) is 0 Å². The van der Waals surface area contributed by atoms with Crippen molar-refractivity contribution in [3.8, 4) is 0 Å². The van der Waals surface area contributed by atoms with Crippen LogP contribution in [0.3, 0.4) is 0 Å². The van der Waals surface area contributed by atoms with Gasteiger partial charge in [0, 0.05) is 21.3 Å². The van der Waals surface area contributed by atoms with Crippen molar-refractivity contribution in [3.63, 3.8) is 0 Å². The van der Waals surface area contributed by atoms with Gasteiger partial charge >= 0.3 is 0 Å². The van der Waals surface area contributed by atoms with E-state index >= 15 is 0 Å². The molecule has 0 spiro atoms. The minimum absolute atomic E-state index is 0.488. The molecule has 0 bridgehead atoms. The Labute approximate surface area is 129 Å². The zero-order valence-electron chi connectivity index (χ0n) is 9.72. The molecule has 2 aromatic rings. The van der Waals surface area contributed by atoms with Gasteiger partial charge in [-0.05, 0) is 48.0 Å². The summed E-state index contributed by atoms with van der Waals surface area (Å²) in [6, 6.07) is 7.13. The fourth-order valence-corrected chi connectivity index (χ4v) is 3.51. The number of hydrogen-bond acceptors (Lipinski definition) is 1. The maximum atomic E-state index is 6.55. The Kier molecular flexibility index (Phi) is 3.98. The lowest BCUT2D eigenvalue weighted by molar-refractivity contribution is 0.604. The average molecular weight is 368 g/mol. The quantitative estimate of drug-likeness (QED) is 0.675. The Balaban J connectivity index is 2.57. The number of alkyl halides is 2. The van der Waals surface area contributed by atoms with Gasteiger partial charge in [-0.1, -0.05) is 40.9 Å². The first kappa shape index (κ1) is 14.2. The first-order chi connectivity index (χ1) is 8.32. The van der Waals surface area contributed by atoms with Gasteiger partial charge in [0.05, 0.1) is 5.69 Å². The molecular weight excluding hydrogens is 358 g/mol. The van der Waals surface area contributed by atoms with E-state index in [0.717, 1.165) is 11.4 Å². The van der Waals surface area contributed by atoms with Crippen LogP contribution in [0.2, 0.25) is 10.0 Å². The molecule has 1 aromatic heterocycles.